The number of benzene rings is 2. The van der Waals surface area contributed by atoms with Crippen molar-refractivity contribution in [3.05, 3.63) is 43.5 Å². The number of aliphatic hydroxyl groups excluding tert-OH is 1. The average Bonchev–Trinajstić information content (AvgIpc) is 2.96. The van der Waals surface area contributed by atoms with Gasteiger partial charge in [-0.2, -0.15) is 0 Å². The number of nitrogens with zero attached hydrogens (tertiary/aromatic N) is 1. The van der Waals surface area contributed by atoms with Gasteiger partial charge in [0, 0.05) is 17.9 Å². The van der Waals surface area contributed by atoms with Crippen molar-refractivity contribution in [3.8, 4) is 0 Å². The minimum atomic E-state index is -0.454. The van der Waals surface area contributed by atoms with Gasteiger partial charge in [-0.05, 0) is 94.4 Å². The Morgan fingerprint density at radius 3 is 1.78 bits per heavy atom. The fourth-order valence-corrected chi connectivity index (χ4v) is 4.89. The van der Waals surface area contributed by atoms with E-state index in [1.54, 1.807) is 0 Å². The maximum Gasteiger partial charge on any atom is 0.131 e. The second-order valence-electron chi connectivity index (χ2n) is 7.44. The zero-order chi connectivity index (χ0) is 19.2. The Labute approximate surface area is 190 Å². The van der Waals surface area contributed by atoms with Crippen LogP contribution in [0.15, 0.2) is 36.4 Å². The first-order valence-corrected chi connectivity index (χ1v) is 12.3. The average molecular weight is 589 g/mol. The van der Waals surface area contributed by atoms with Gasteiger partial charge in [-0.25, -0.2) is 0 Å². The number of fused-ring (bicyclic) bond motifs is 3. The van der Waals surface area contributed by atoms with Crippen molar-refractivity contribution in [1.82, 2.24) is 4.57 Å². The molecule has 146 valence electrons. The van der Waals surface area contributed by atoms with E-state index in [0.29, 0.717) is 0 Å². The largest absolute Gasteiger partial charge is 0.373 e. The van der Waals surface area contributed by atoms with E-state index >= 15 is 0 Å². The molecule has 2 aromatic carbocycles. The molecule has 1 unspecified atom stereocenters. The fourth-order valence-electron chi connectivity index (χ4n) is 3.91. The first-order valence-electron chi connectivity index (χ1n) is 10.2. The molecule has 0 aliphatic rings. The molecule has 4 heteroatoms. The molecule has 3 rings (SSSR count). The molecule has 1 aromatic heterocycles. The molecule has 0 saturated carbocycles. The monoisotopic (exact) mass is 589 g/mol. The molecule has 1 heterocycles. The van der Waals surface area contributed by atoms with Crippen LogP contribution in [-0.4, -0.2) is 9.67 Å². The molecule has 27 heavy (non-hydrogen) atoms. The third kappa shape index (κ3) is 5.38. The Kier molecular flexibility index (Phi) is 8.26. The van der Waals surface area contributed by atoms with E-state index in [2.05, 4.69) is 93.1 Å². The lowest BCUT2D eigenvalue weighted by Crippen LogP contribution is -2.07. The number of halogens is 2. The predicted molar refractivity (Wildman–Crippen MR) is 133 cm³/mol. The molecule has 0 aliphatic carbocycles. The van der Waals surface area contributed by atoms with Gasteiger partial charge in [0.2, 0.25) is 0 Å². The molecule has 2 nitrogen and oxygen atoms in total. The summed E-state index contributed by atoms with van der Waals surface area (Å²) in [5.41, 5.74) is 2.28. The zero-order valence-corrected chi connectivity index (χ0v) is 20.4. The van der Waals surface area contributed by atoms with Crippen LogP contribution in [0.25, 0.3) is 21.8 Å². The van der Waals surface area contributed by atoms with Gasteiger partial charge in [0.05, 0.1) is 11.0 Å². The van der Waals surface area contributed by atoms with Crippen molar-refractivity contribution in [2.24, 2.45) is 0 Å². The van der Waals surface area contributed by atoms with E-state index in [0.717, 1.165) is 23.9 Å². The summed E-state index contributed by atoms with van der Waals surface area (Å²) in [4.78, 5) is 0. The number of aromatic nitrogens is 1. The van der Waals surface area contributed by atoms with Crippen LogP contribution in [0.3, 0.4) is 0 Å². The Morgan fingerprint density at radius 2 is 1.26 bits per heavy atom. The maximum absolute atomic E-state index is 11.0. The minimum absolute atomic E-state index is 0.454. The van der Waals surface area contributed by atoms with Crippen LogP contribution in [-0.2, 0) is 0 Å². The summed E-state index contributed by atoms with van der Waals surface area (Å²) in [5, 5.41) is 13.5. The number of unbranched alkanes of at least 4 members (excludes halogenated alkanes) is 7. The Balaban J connectivity index is 1.69. The van der Waals surface area contributed by atoms with Gasteiger partial charge in [0.1, 0.15) is 6.23 Å². The quantitative estimate of drug-likeness (QED) is 0.188. The van der Waals surface area contributed by atoms with Crippen molar-refractivity contribution in [3.63, 3.8) is 0 Å². The van der Waals surface area contributed by atoms with Gasteiger partial charge in [0.25, 0.3) is 0 Å². The highest BCUT2D eigenvalue weighted by molar-refractivity contribution is 14.1. The van der Waals surface area contributed by atoms with Crippen LogP contribution < -0.4 is 0 Å². The Morgan fingerprint density at radius 1 is 0.778 bits per heavy atom. The molecule has 0 saturated heterocycles. The molecule has 0 spiro atoms. The van der Waals surface area contributed by atoms with Crippen LogP contribution in [0.5, 0.6) is 0 Å². The lowest BCUT2D eigenvalue weighted by molar-refractivity contribution is 0.0999. The lowest BCUT2D eigenvalue weighted by atomic mass is 10.1. The van der Waals surface area contributed by atoms with E-state index in [4.69, 9.17) is 0 Å². The summed E-state index contributed by atoms with van der Waals surface area (Å²) in [6.45, 7) is 2.26. The molecule has 0 radical (unpaired) electrons. The third-order valence-corrected chi connectivity index (χ3v) is 6.68. The van der Waals surface area contributed by atoms with Gasteiger partial charge in [-0.3, -0.25) is 0 Å². The van der Waals surface area contributed by atoms with Gasteiger partial charge < -0.3 is 9.67 Å². The Hall–Kier alpha value is -0.340. The summed E-state index contributed by atoms with van der Waals surface area (Å²) >= 11 is 4.73. The molecule has 0 amide bonds. The van der Waals surface area contributed by atoms with Gasteiger partial charge >= 0.3 is 0 Å². The first-order chi connectivity index (χ1) is 13.1. The number of hydrogen-bond donors (Lipinski definition) is 1. The zero-order valence-electron chi connectivity index (χ0n) is 16.1. The molecule has 0 aliphatic heterocycles. The summed E-state index contributed by atoms with van der Waals surface area (Å²) < 4.78 is 4.60. The van der Waals surface area contributed by atoms with Crippen LogP contribution in [0.1, 0.15) is 70.9 Å². The van der Waals surface area contributed by atoms with E-state index in [1.165, 1.54) is 62.9 Å². The summed E-state index contributed by atoms with van der Waals surface area (Å²) in [6, 6.07) is 13.0. The van der Waals surface area contributed by atoms with Gasteiger partial charge in [-0.1, -0.05) is 51.9 Å². The highest BCUT2D eigenvalue weighted by Crippen LogP contribution is 2.34. The lowest BCUT2D eigenvalue weighted by Gasteiger charge is -2.16. The number of rotatable bonds is 10. The van der Waals surface area contributed by atoms with Crippen molar-refractivity contribution in [2.75, 3.05) is 0 Å². The van der Waals surface area contributed by atoms with Crippen molar-refractivity contribution in [2.45, 2.75) is 70.9 Å². The molecular formula is C23H29I2NO. The normalized spacial score (nSPS) is 12.9. The van der Waals surface area contributed by atoms with E-state index in [-0.39, 0.29) is 0 Å². The molecule has 0 fully saturated rings. The van der Waals surface area contributed by atoms with Crippen LogP contribution in [0.2, 0.25) is 0 Å². The fraction of sp³-hybridized carbons (Fsp3) is 0.478. The number of hydrogen-bond acceptors (Lipinski definition) is 1. The first kappa shape index (κ1) is 21.4. The van der Waals surface area contributed by atoms with Crippen LogP contribution in [0, 0.1) is 7.14 Å². The molecule has 0 bridgehead atoms. The highest BCUT2D eigenvalue weighted by Gasteiger charge is 2.16. The predicted octanol–water partition coefficient (Wildman–Crippen LogP) is 8.03. The smallest absolute Gasteiger partial charge is 0.131 e. The van der Waals surface area contributed by atoms with Gasteiger partial charge in [0.15, 0.2) is 0 Å². The summed E-state index contributed by atoms with van der Waals surface area (Å²) in [6.07, 6.45) is 10.7. The standard InChI is InChI=1S/C23H29I2NO/c1-2-3-4-5-6-7-8-9-10-23(27)26-21-13-11-17(24)15-19(21)20-16-18(25)12-14-22(20)26/h11-16,23,27H,2-10H2,1H3. The third-order valence-electron chi connectivity index (χ3n) is 5.34. The highest BCUT2D eigenvalue weighted by atomic mass is 127. The molecule has 1 atom stereocenters. The van der Waals surface area contributed by atoms with Crippen molar-refractivity contribution in [1.29, 1.82) is 0 Å². The molecule has 1 N–H and O–H groups in total. The molecular weight excluding hydrogens is 560 g/mol. The van der Waals surface area contributed by atoms with E-state index in [9.17, 15) is 5.11 Å². The second kappa shape index (κ2) is 10.4. The summed E-state index contributed by atoms with van der Waals surface area (Å²) in [7, 11) is 0. The maximum atomic E-state index is 11.0. The Bertz CT molecular complexity index is 828. The topological polar surface area (TPSA) is 25.2 Å². The van der Waals surface area contributed by atoms with Crippen LogP contribution in [0.4, 0.5) is 0 Å². The van der Waals surface area contributed by atoms with Gasteiger partial charge in [-0.15, -0.1) is 0 Å². The van der Waals surface area contributed by atoms with Crippen molar-refractivity contribution < 1.29 is 5.11 Å². The van der Waals surface area contributed by atoms with Crippen LogP contribution >= 0.6 is 45.2 Å². The van der Waals surface area contributed by atoms with Crippen molar-refractivity contribution >= 4 is 67.0 Å². The second-order valence-corrected chi connectivity index (χ2v) is 9.93. The molecule has 3 aromatic rings. The van der Waals surface area contributed by atoms with E-state index in [1.807, 2.05) is 0 Å². The minimum Gasteiger partial charge on any atom is -0.373 e. The van der Waals surface area contributed by atoms with E-state index < -0.39 is 6.23 Å². The number of aliphatic hydroxyl groups is 1. The SMILES string of the molecule is CCCCCCCCCCC(O)n1c2ccc(I)cc2c2cc(I)ccc21. The summed E-state index contributed by atoms with van der Waals surface area (Å²) in [5.74, 6) is 0.